The molecule has 0 spiro atoms. The van der Waals surface area contributed by atoms with Crippen molar-refractivity contribution >= 4 is 23.8 Å². The summed E-state index contributed by atoms with van der Waals surface area (Å²) in [6.45, 7) is 11.7. The Bertz CT molecular complexity index is 848. The molecular weight excluding hydrogens is 448 g/mol. The highest BCUT2D eigenvalue weighted by atomic mass is 16.6. The van der Waals surface area contributed by atoms with Crippen molar-refractivity contribution in [3.8, 4) is 0 Å². The molecule has 196 valence electrons. The number of hydrogen-bond donors (Lipinski definition) is 3. The molecular formula is C26H42N4O5. The maximum absolute atomic E-state index is 13.7. The molecule has 0 bridgehead atoms. The Balaban J connectivity index is 3.33. The Labute approximate surface area is 209 Å². The third kappa shape index (κ3) is 10.8. The van der Waals surface area contributed by atoms with Crippen LogP contribution in [-0.2, 0) is 19.1 Å². The molecule has 0 fully saturated rings. The summed E-state index contributed by atoms with van der Waals surface area (Å²) in [5.74, 6) is -1.65. The molecule has 1 aromatic rings. The standard InChI is InChI=1S/C26H42N4O5/c1-7-9-10-15-28-23(32)22(19-13-11-18(3)12-14-19)30(16-8-2)24(33)20(17-21(27)31)29-25(34)35-26(4,5)6/h11-14,20,22H,7-10,15-17H2,1-6H3,(H2,27,31)(H,28,32)(H,29,34). The molecule has 1 aromatic carbocycles. The number of unbranched alkanes of at least 4 members (excludes halogenated alkanes) is 2. The second-order valence-corrected chi connectivity index (χ2v) is 9.71. The van der Waals surface area contributed by atoms with Gasteiger partial charge in [-0.25, -0.2) is 4.79 Å². The number of carbonyl (C=O) groups is 4. The SMILES string of the molecule is CCCCCNC(=O)C(c1ccc(C)cc1)N(CCC)C(=O)C(CC(N)=O)NC(=O)OC(C)(C)C. The number of hydrogen-bond acceptors (Lipinski definition) is 5. The number of primary amides is 1. The van der Waals surface area contributed by atoms with Crippen LogP contribution in [0.15, 0.2) is 24.3 Å². The van der Waals surface area contributed by atoms with Gasteiger partial charge in [0.1, 0.15) is 17.7 Å². The van der Waals surface area contributed by atoms with Crippen molar-refractivity contribution in [3.05, 3.63) is 35.4 Å². The first-order chi connectivity index (χ1) is 16.4. The van der Waals surface area contributed by atoms with Gasteiger partial charge in [0.2, 0.25) is 17.7 Å². The zero-order valence-corrected chi connectivity index (χ0v) is 22.0. The summed E-state index contributed by atoms with van der Waals surface area (Å²) in [5.41, 5.74) is 6.25. The number of ether oxygens (including phenoxy) is 1. The van der Waals surface area contributed by atoms with Crippen LogP contribution in [-0.4, -0.2) is 53.4 Å². The number of nitrogens with two attached hydrogens (primary N) is 1. The minimum Gasteiger partial charge on any atom is -0.444 e. The van der Waals surface area contributed by atoms with Gasteiger partial charge in [0, 0.05) is 13.1 Å². The maximum atomic E-state index is 13.7. The van der Waals surface area contributed by atoms with Crippen molar-refractivity contribution in [2.45, 2.75) is 91.3 Å². The molecule has 0 aliphatic heterocycles. The third-order valence-corrected chi connectivity index (χ3v) is 5.17. The highest BCUT2D eigenvalue weighted by Crippen LogP contribution is 2.24. The fourth-order valence-corrected chi connectivity index (χ4v) is 3.56. The van der Waals surface area contributed by atoms with Gasteiger partial charge in [-0.05, 0) is 46.1 Å². The summed E-state index contributed by atoms with van der Waals surface area (Å²) in [5, 5.41) is 5.41. The molecule has 4 amide bonds. The predicted octanol–water partition coefficient (Wildman–Crippen LogP) is 3.35. The molecule has 0 heterocycles. The first kappa shape index (κ1) is 29.9. The van der Waals surface area contributed by atoms with Gasteiger partial charge in [-0.1, -0.05) is 56.5 Å². The predicted molar refractivity (Wildman–Crippen MR) is 135 cm³/mol. The highest BCUT2D eigenvalue weighted by Gasteiger charge is 2.36. The number of rotatable bonds is 13. The van der Waals surface area contributed by atoms with Crippen LogP contribution in [0.1, 0.15) is 83.9 Å². The lowest BCUT2D eigenvalue weighted by Gasteiger charge is -2.34. The number of benzene rings is 1. The van der Waals surface area contributed by atoms with E-state index in [1.165, 1.54) is 4.90 Å². The Morgan fingerprint density at radius 3 is 2.17 bits per heavy atom. The smallest absolute Gasteiger partial charge is 0.408 e. The molecule has 9 nitrogen and oxygen atoms in total. The molecule has 0 saturated carbocycles. The summed E-state index contributed by atoms with van der Waals surface area (Å²) in [6.07, 6.45) is 2.12. The summed E-state index contributed by atoms with van der Waals surface area (Å²) < 4.78 is 5.27. The zero-order valence-electron chi connectivity index (χ0n) is 22.0. The summed E-state index contributed by atoms with van der Waals surface area (Å²) >= 11 is 0. The number of aryl methyl sites for hydroxylation is 1. The summed E-state index contributed by atoms with van der Waals surface area (Å²) in [4.78, 5) is 52.6. The quantitative estimate of drug-likeness (QED) is 0.365. The molecule has 4 N–H and O–H groups in total. The van der Waals surface area contributed by atoms with E-state index in [4.69, 9.17) is 10.5 Å². The number of carbonyl (C=O) groups excluding carboxylic acids is 4. The average Bonchev–Trinajstić information content (AvgIpc) is 2.75. The van der Waals surface area contributed by atoms with Crippen molar-refractivity contribution in [2.75, 3.05) is 13.1 Å². The van der Waals surface area contributed by atoms with Crippen molar-refractivity contribution in [1.29, 1.82) is 0 Å². The second-order valence-electron chi connectivity index (χ2n) is 9.71. The Morgan fingerprint density at radius 1 is 1.03 bits per heavy atom. The first-order valence-corrected chi connectivity index (χ1v) is 12.3. The zero-order chi connectivity index (χ0) is 26.6. The van der Waals surface area contributed by atoms with Gasteiger partial charge in [0.05, 0.1) is 6.42 Å². The molecule has 0 radical (unpaired) electrons. The fraction of sp³-hybridized carbons (Fsp3) is 0.615. The normalized spacial score (nSPS) is 12.9. The van der Waals surface area contributed by atoms with Crippen LogP contribution in [0.4, 0.5) is 4.79 Å². The van der Waals surface area contributed by atoms with E-state index in [0.717, 1.165) is 24.8 Å². The molecule has 2 unspecified atom stereocenters. The monoisotopic (exact) mass is 490 g/mol. The van der Waals surface area contributed by atoms with Gasteiger partial charge in [-0.3, -0.25) is 14.4 Å². The minimum absolute atomic E-state index is 0.241. The van der Waals surface area contributed by atoms with Gasteiger partial charge in [0.25, 0.3) is 0 Å². The van der Waals surface area contributed by atoms with Gasteiger partial charge >= 0.3 is 6.09 Å². The Hall–Kier alpha value is -3.10. The van der Waals surface area contributed by atoms with Gasteiger partial charge in [-0.15, -0.1) is 0 Å². The second kappa shape index (κ2) is 14.3. The fourth-order valence-electron chi connectivity index (χ4n) is 3.56. The highest BCUT2D eigenvalue weighted by molar-refractivity contribution is 5.94. The lowest BCUT2D eigenvalue weighted by atomic mass is 10.0. The van der Waals surface area contributed by atoms with Crippen LogP contribution in [0.25, 0.3) is 0 Å². The largest absolute Gasteiger partial charge is 0.444 e. The van der Waals surface area contributed by atoms with Crippen molar-refractivity contribution in [2.24, 2.45) is 5.73 Å². The molecule has 0 aromatic heterocycles. The van der Waals surface area contributed by atoms with Crippen LogP contribution < -0.4 is 16.4 Å². The van der Waals surface area contributed by atoms with E-state index in [0.29, 0.717) is 18.5 Å². The van der Waals surface area contributed by atoms with Crippen LogP contribution in [0.3, 0.4) is 0 Å². The molecule has 9 heteroatoms. The third-order valence-electron chi connectivity index (χ3n) is 5.17. The maximum Gasteiger partial charge on any atom is 0.408 e. The topological polar surface area (TPSA) is 131 Å². The minimum atomic E-state index is -1.27. The van der Waals surface area contributed by atoms with Crippen LogP contribution in [0.2, 0.25) is 0 Å². The number of amides is 4. The molecule has 1 rings (SSSR count). The van der Waals surface area contributed by atoms with E-state index in [1.807, 2.05) is 38.1 Å². The van der Waals surface area contributed by atoms with Gasteiger partial charge < -0.3 is 26.0 Å². The van der Waals surface area contributed by atoms with Gasteiger partial charge in [0.15, 0.2) is 0 Å². The van der Waals surface area contributed by atoms with Crippen molar-refractivity contribution < 1.29 is 23.9 Å². The van der Waals surface area contributed by atoms with Gasteiger partial charge in [-0.2, -0.15) is 0 Å². The number of nitrogens with one attached hydrogen (secondary N) is 2. The van der Waals surface area contributed by atoms with Crippen LogP contribution in [0, 0.1) is 6.92 Å². The lowest BCUT2D eigenvalue weighted by Crippen LogP contribution is -2.54. The number of alkyl carbamates (subject to hydrolysis) is 1. The number of nitrogens with zero attached hydrogens (tertiary/aromatic N) is 1. The lowest BCUT2D eigenvalue weighted by molar-refractivity contribution is -0.143. The van der Waals surface area contributed by atoms with E-state index in [9.17, 15) is 19.2 Å². The molecule has 0 aliphatic rings. The van der Waals surface area contributed by atoms with E-state index >= 15 is 0 Å². The van der Waals surface area contributed by atoms with Crippen molar-refractivity contribution in [3.63, 3.8) is 0 Å². The van der Waals surface area contributed by atoms with E-state index in [-0.39, 0.29) is 12.5 Å². The van der Waals surface area contributed by atoms with Crippen molar-refractivity contribution in [1.82, 2.24) is 15.5 Å². The Morgan fingerprint density at radius 2 is 1.66 bits per heavy atom. The summed E-state index contributed by atoms with van der Waals surface area (Å²) in [7, 11) is 0. The summed E-state index contributed by atoms with van der Waals surface area (Å²) in [6, 6.07) is 5.18. The van der Waals surface area contributed by atoms with E-state index in [2.05, 4.69) is 17.6 Å². The molecule has 0 saturated heterocycles. The molecule has 35 heavy (non-hydrogen) atoms. The average molecular weight is 491 g/mol. The first-order valence-electron chi connectivity index (χ1n) is 12.3. The van der Waals surface area contributed by atoms with E-state index < -0.39 is 42.0 Å². The Kier molecular flexibility index (Phi) is 12.3. The van der Waals surface area contributed by atoms with E-state index in [1.54, 1.807) is 20.8 Å². The van der Waals surface area contributed by atoms with Crippen LogP contribution >= 0.6 is 0 Å². The molecule has 2 atom stereocenters. The molecule has 0 aliphatic carbocycles. The van der Waals surface area contributed by atoms with Crippen LogP contribution in [0.5, 0.6) is 0 Å².